The summed E-state index contributed by atoms with van der Waals surface area (Å²) >= 11 is 0. The van der Waals surface area contributed by atoms with Crippen molar-refractivity contribution in [1.29, 1.82) is 0 Å². The van der Waals surface area contributed by atoms with E-state index in [2.05, 4.69) is 0 Å². The highest BCUT2D eigenvalue weighted by Gasteiger charge is 2.30. The lowest BCUT2D eigenvalue weighted by Crippen LogP contribution is -2.35. The molecule has 0 aromatic heterocycles. The Balaban J connectivity index is 2.42. The maximum absolute atomic E-state index is 11.9. The maximum atomic E-state index is 11.9. The van der Waals surface area contributed by atoms with Crippen molar-refractivity contribution in [2.45, 2.75) is 39.7 Å². The third-order valence-electron chi connectivity index (χ3n) is 3.27. The van der Waals surface area contributed by atoms with Crippen molar-refractivity contribution >= 4 is 17.4 Å². The molecular weight excluding hydrogens is 214 g/mol. The molecule has 3 heteroatoms. The van der Waals surface area contributed by atoms with Crippen LogP contribution in [0, 0.1) is 0 Å². The molecule has 0 spiro atoms. The van der Waals surface area contributed by atoms with Crippen LogP contribution < -0.4 is 4.90 Å². The van der Waals surface area contributed by atoms with Crippen molar-refractivity contribution in [3.63, 3.8) is 0 Å². The van der Waals surface area contributed by atoms with Crippen LogP contribution in [-0.4, -0.2) is 17.7 Å². The van der Waals surface area contributed by atoms with E-state index in [0.29, 0.717) is 6.42 Å². The van der Waals surface area contributed by atoms with E-state index in [0.717, 1.165) is 23.2 Å². The first kappa shape index (κ1) is 11.8. The molecule has 0 bridgehead atoms. The number of ketones is 1. The normalized spacial score (nSPS) is 18.1. The molecule has 1 unspecified atom stereocenters. The molecule has 1 heterocycles. The average molecular weight is 231 g/mol. The molecule has 0 saturated carbocycles. The van der Waals surface area contributed by atoms with Crippen LogP contribution in [0.5, 0.6) is 0 Å². The number of Topliss-reactive ketones (excluding diaryl/α,β-unsaturated/α-hetero) is 1. The fraction of sp³-hybridized carbons (Fsp3) is 0.429. The summed E-state index contributed by atoms with van der Waals surface area (Å²) in [5, 5.41) is 0. The van der Waals surface area contributed by atoms with Gasteiger partial charge in [-0.25, -0.2) is 0 Å². The van der Waals surface area contributed by atoms with Crippen molar-refractivity contribution in [2.24, 2.45) is 0 Å². The molecule has 17 heavy (non-hydrogen) atoms. The van der Waals surface area contributed by atoms with E-state index in [9.17, 15) is 9.59 Å². The fourth-order valence-corrected chi connectivity index (χ4v) is 2.40. The highest BCUT2D eigenvalue weighted by atomic mass is 16.2. The van der Waals surface area contributed by atoms with Gasteiger partial charge in [-0.15, -0.1) is 0 Å². The first-order valence-electron chi connectivity index (χ1n) is 6.00. The Morgan fingerprint density at radius 3 is 2.71 bits per heavy atom. The minimum Gasteiger partial charge on any atom is -0.309 e. The zero-order chi connectivity index (χ0) is 12.6. The highest BCUT2D eigenvalue weighted by Crippen LogP contribution is 2.33. The van der Waals surface area contributed by atoms with Crippen LogP contribution in [0.3, 0.4) is 0 Å². The molecule has 90 valence electrons. The molecule has 0 fully saturated rings. The molecule has 0 aliphatic carbocycles. The smallest absolute Gasteiger partial charge is 0.226 e. The third kappa shape index (κ3) is 1.97. The first-order valence-corrected chi connectivity index (χ1v) is 6.00. The molecule has 1 aliphatic heterocycles. The van der Waals surface area contributed by atoms with Gasteiger partial charge in [0.2, 0.25) is 5.91 Å². The molecule has 0 radical (unpaired) electrons. The molecule has 1 amide bonds. The standard InChI is InChI=1S/C14H17NO2/c1-4-14(17)15-9(2)7-12-8-11(10(3)16)5-6-13(12)15/h5-6,8-9H,4,7H2,1-3H3. The number of fused-ring (bicyclic) bond motifs is 1. The largest absolute Gasteiger partial charge is 0.309 e. The summed E-state index contributed by atoms with van der Waals surface area (Å²) in [5.41, 5.74) is 2.79. The SMILES string of the molecule is CCC(=O)N1c2ccc(C(C)=O)cc2CC1C. The number of carbonyl (C=O) groups is 2. The maximum Gasteiger partial charge on any atom is 0.226 e. The van der Waals surface area contributed by atoms with E-state index in [4.69, 9.17) is 0 Å². The highest BCUT2D eigenvalue weighted by molar-refractivity contribution is 5.98. The molecule has 1 aliphatic rings. The zero-order valence-corrected chi connectivity index (χ0v) is 10.5. The molecule has 1 aromatic carbocycles. The predicted octanol–water partition coefficient (Wildman–Crippen LogP) is 2.58. The van der Waals surface area contributed by atoms with E-state index in [1.54, 1.807) is 13.0 Å². The quantitative estimate of drug-likeness (QED) is 0.734. The third-order valence-corrected chi connectivity index (χ3v) is 3.27. The van der Waals surface area contributed by atoms with Crippen LogP contribution in [0.1, 0.15) is 43.1 Å². The van der Waals surface area contributed by atoms with E-state index >= 15 is 0 Å². The summed E-state index contributed by atoms with van der Waals surface area (Å²) in [7, 11) is 0. The Hall–Kier alpha value is -1.64. The molecule has 1 atom stereocenters. The van der Waals surface area contributed by atoms with Gasteiger partial charge in [0, 0.05) is 23.7 Å². The second-order valence-electron chi connectivity index (χ2n) is 4.57. The Bertz CT molecular complexity index is 479. The number of carbonyl (C=O) groups excluding carboxylic acids is 2. The average Bonchev–Trinajstić information content (AvgIpc) is 2.62. The monoisotopic (exact) mass is 231 g/mol. The fourth-order valence-electron chi connectivity index (χ4n) is 2.40. The number of benzene rings is 1. The van der Waals surface area contributed by atoms with Crippen molar-refractivity contribution in [3.8, 4) is 0 Å². The number of hydrogen-bond acceptors (Lipinski definition) is 2. The van der Waals surface area contributed by atoms with Crippen molar-refractivity contribution in [3.05, 3.63) is 29.3 Å². The van der Waals surface area contributed by atoms with Crippen LogP contribution in [0.15, 0.2) is 18.2 Å². The van der Waals surface area contributed by atoms with Crippen LogP contribution in [0.2, 0.25) is 0 Å². The second kappa shape index (κ2) is 4.32. The predicted molar refractivity (Wildman–Crippen MR) is 67.4 cm³/mol. The van der Waals surface area contributed by atoms with Gasteiger partial charge < -0.3 is 4.90 Å². The lowest BCUT2D eigenvalue weighted by Gasteiger charge is -2.22. The molecule has 2 rings (SSSR count). The number of rotatable bonds is 2. The summed E-state index contributed by atoms with van der Waals surface area (Å²) in [4.78, 5) is 25.0. The summed E-state index contributed by atoms with van der Waals surface area (Å²) in [6.07, 6.45) is 1.35. The molecule has 1 aromatic rings. The van der Waals surface area contributed by atoms with E-state index in [1.807, 2.05) is 30.9 Å². The van der Waals surface area contributed by atoms with Crippen LogP contribution in [0.25, 0.3) is 0 Å². The van der Waals surface area contributed by atoms with Crippen molar-refractivity contribution < 1.29 is 9.59 Å². The number of nitrogens with zero attached hydrogens (tertiary/aromatic N) is 1. The molecule has 3 nitrogen and oxygen atoms in total. The van der Waals surface area contributed by atoms with Gasteiger partial charge in [0.15, 0.2) is 5.78 Å². The molecular formula is C14H17NO2. The second-order valence-corrected chi connectivity index (χ2v) is 4.57. The van der Waals surface area contributed by atoms with E-state index in [-0.39, 0.29) is 17.7 Å². The van der Waals surface area contributed by atoms with Crippen LogP contribution >= 0.6 is 0 Å². The summed E-state index contributed by atoms with van der Waals surface area (Å²) in [6.45, 7) is 5.48. The Kier molecular flexibility index (Phi) is 3.01. The van der Waals surface area contributed by atoms with Gasteiger partial charge in [-0.05, 0) is 44.0 Å². The molecule has 0 saturated heterocycles. The van der Waals surface area contributed by atoms with E-state index < -0.39 is 0 Å². The first-order chi connectivity index (χ1) is 8.04. The van der Waals surface area contributed by atoms with Gasteiger partial charge in [0.1, 0.15) is 0 Å². The van der Waals surface area contributed by atoms with Crippen molar-refractivity contribution in [2.75, 3.05) is 4.90 Å². The topological polar surface area (TPSA) is 37.4 Å². The number of anilines is 1. The van der Waals surface area contributed by atoms with Crippen molar-refractivity contribution in [1.82, 2.24) is 0 Å². The van der Waals surface area contributed by atoms with Gasteiger partial charge in [-0.2, -0.15) is 0 Å². The van der Waals surface area contributed by atoms with Gasteiger partial charge in [-0.1, -0.05) is 6.92 Å². The lowest BCUT2D eigenvalue weighted by molar-refractivity contribution is -0.118. The van der Waals surface area contributed by atoms with Gasteiger partial charge in [0.25, 0.3) is 0 Å². The van der Waals surface area contributed by atoms with Gasteiger partial charge in [0.05, 0.1) is 0 Å². The van der Waals surface area contributed by atoms with Crippen LogP contribution in [-0.2, 0) is 11.2 Å². The van der Waals surface area contributed by atoms with E-state index in [1.165, 1.54) is 0 Å². The number of hydrogen-bond donors (Lipinski definition) is 0. The van der Waals surface area contributed by atoms with Crippen LogP contribution in [0.4, 0.5) is 5.69 Å². The zero-order valence-electron chi connectivity index (χ0n) is 10.5. The minimum absolute atomic E-state index is 0.0701. The summed E-state index contributed by atoms with van der Waals surface area (Å²) in [6, 6.07) is 5.80. The molecule has 0 N–H and O–H groups in total. The van der Waals surface area contributed by atoms with Gasteiger partial charge >= 0.3 is 0 Å². The lowest BCUT2D eigenvalue weighted by atomic mass is 10.1. The Labute approximate surface area is 101 Å². The van der Waals surface area contributed by atoms with Gasteiger partial charge in [-0.3, -0.25) is 9.59 Å². The summed E-state index contributed by atoms with van der Waals surface area (Å²) < 4.78 is 0. The number of amides is 1. The Morgan fingerprint density at radius 1 is 1.41 bits per heavy atom. The Morgan fingerprint density at radius 2 is 2.12 bits per heavy atom. The minimum atomic E-state index is 0.0701. The summed E-state index contributed by atoms with van der Waals surface area (Å²) in [5.74, 6) is 0.215.